The number of halogens is 2. The van der Waals surface area contributed by atoms with Crippen molar-refractivity contribution in [1.29, 1.82) is 0 Å². The van der Waals surface area contributed by atoms with Crippen molar-refractivity contribution in [3.05, 3.63) is 34.3 Å². The first-order chi connectivity index (χ1) is 8.45. The lowest BCUT2D eigenvalue weighted by molar-refractivity contribution is 0.378. The molecule has 6 heteroatoms. The molecule has 0 bridgehead atoms. The minimum absolute atomic E-state index is 0.125. The minimum Gasteiger partial charge on any atom is -0.334 e. The van der Waals surface area contributed by atoms with Crippen molar-refractivity contribution >= 4 is 15.9 Å². The van der Waals surface area contributed by atoms with Gasteiger partial charge in [-0.2, -0.15) is 4.98 Å². The van der Waals surface area contributed by atoms with Crippen LogP contribution in [0.1, 0.15) is 26.1 Å². The van der Waals surface area contributed by atoms with Crippen molar-refractivity contribution in [1.82, 2.24) is 10.1 Å². The number of rotatable bonds is 3. The molecule has 0 amide bonds. The van der Waals surface area contributed by atoms with E-state index in [1.54, 1.807) is 19.1 Å². The first-order valence-corrected chi connectivity index (χ1v) is 6.32. The maximum absolute atomic E-state index is 13.7. The molecule has 96 valence electrons. The van der Waals surface area contributed by atoms with Crippen LogP contribution < -0.4 is 5.73 Å². The molecule has 2 N–H and O–H groups in total. The van der Waals surface area contributed by atoms with Crippen LogP contribution in [-0.2, 0) is 5.54 Å². The van der Waals surface area contributed by atoms with Crippen molar-refractivity contribution in [3.63, 3.8) is 0 Å². The molecule has 0 saturated carbocycles. The second kappa shape index (κ2) is 4.78. The van der Waals surface area contributed by atoms with Gasteiger partial charge in [-0.3, -0.25) is 0 Å². The summed E-state index contributed by atoms with van der Waals surface area (Å²) in [5.41, 5.74) is 5.59. The Balaban J connectivity index is 2.48. The quantitative estimate of drug-likeness (QED) is 0.944. The van der Waals surface area contributed by atoms with Gasteiger partial charge in [0.15, 0.2) is 5.82 Å². The molecule has 0 radical (unpaired) electrons. The summed E-state index contributed by atoms with van der Waals surface area (Å²) in [6.45, 7) is 3.73. The van der Waals surface area contributed by atoms with Gasteiger partial charge in [0.1, 0.15) is 5.82 Å². The average molecular weight is 314 g/mol. The SMILES string of the molecule is CCC(C)(N)c1noc(-c2c(F)cccc2Br)n1. The van der Waals surface area contributed by atoms with Gasteiger partial charge in [-0.15, -0.1) is 0 Å². The number of hydrogen-bond donors (Lipinski definition) is 1. The van der Waals surface area contributed by atoms with Crippen molar-refractivity contribution in [2.24, 2.45) is 5.73 Å². The number of nitrogens with zero attached hydrogens (tertiary/aromatic N) is 2. The van der Waals surface area contributed by atoms with Crippen molar-refractivity contribution in [2.45, 2.75) is 25.8 Å². The second-order valence-electron chi connectivity index (χ2n) is 4.29. The normalized spacial score (nSPS) is 14.5. The summed E-state index contributed by atoms with van der Waals surface area (Å²) in [6, 6.07) is 4.65. The molecular weight excluding hydrogens is 301 g/mol. The zero-order chi connectivity index (χ0) is 13.3. The topological polar surface area (TPSA) is 64.9 Å². The summed E-state index contributed by atoms with van der Waals surface area (Å²) in [5.74, 6) is 0.0741. The Morgan fingerprint density at radius 3 is 2.83 bits per heavy atom. The third kappa shape index (κ3) is 2.30. The molecular formula is C12H13BrFN3O. The Morgan fingerprint density at radius 1 is 1.50 bits per heavy atom. The predicted octanol–water partition coefficient (Wildman–Crippen LogP) is 3.22. The zero-order valence-corrected chi connectivity index (χ0v) is 11.7. The molecule has 18 heavy (non-hydrogen) atoms. The molecule has 1 heterocycles. The largest absolute Gasteiger partial charge is 0.334 e. The molecule has 2 aromatic rings. The summed E-state index contributed by atoms with van der Waals surface area (Å²) in [6.07, 6.45) is 0.657. The standard InChI is InChI=1S/C12H13BrFN3O/c1-3-12(2,15)11-16-10(18-17-11)9-7(13)5-4-6-8(9)14/h4-6H,3,15H2,1-2H3. The van der Waals surface area contributed by atoms with Gasteiger partial charge in [0.2, 0.25) is 0 Å². The van der Waals surface area contributed by atoms with Gasteiger partial charge in [0.05, 0.1) is 11.1 Å². The van der Waals surface area contributed by atoms with E-state index in [-0.39, 0.29) is 11.5 Å². The second-order valence-corrected chi connectivity index (χ2v) is 5.15. The lowest BCUT2D eigenvalue weighted by Crippen LogP contribution is -2.33. The van der Waals surface area contributed by atoms with Crippen LogP contribution in [0.2, 0.25) is 0 Å². The lowest BCUT2D eigenvalue weighted by Gasteiger charge is -2.16. The fourth-order valence-corrected chi connectivity index (χ4v) is 1.93. The molecule has 1 unspecified atom stereocenters. The molecule has 1 aromatic carbocycles. The lowest BCUT2D eigenvalue weighted by atomic mass is 10.00. The van der Waals surface area contributed by atoms with Crippen molar-refractivity contribution in [3.8, 4) is 11.5 Å². The molecule has 4 nitrogen and oxygen atoms in total. The van der Waals surface area contributed by atoms with Gasteiger partial charge >= 0.3 is 0 Å². The van der Waals surface area contributed by atoms with E-state index in [0.29, 0.717) is 16.7 Å². The highest BCUT2D eigenvalue weighted by Gasteiger charge is 2.26. The van der Waals surface area contributed by atoms with Crippen LogP contribution in [0.5, 0.6) is 0 Å². The van der Waals surface area contributed by atoms with Crippen LogP contribution in [0.4, 0.5) is 4.39 Å². The first-order valence-electron chi connectivity index (χ1n) is 5.53. The third-order valence-corrected chi connectivity index (χ3v) is 3.51. The van der Waals surface area contributed by atoms with Gasteiger partial charge in [0, 0.05) is 4.47 Å². The molecule has 0 aliphatic heterocycles. The molecule has 0 spiro atoms. The molecule has 1 atom stereocenters. The van der Waals surface area contributed by atoms with Crippen LogP contribution >= 0.6 is 15.9 Å². The Morgan fingerprint density at radius 2 is 2.22 bits per heavy atom. The van der Waals surface area contributed by atoms with Crippen LogP contribution in [-0.4, -0.2) is 10.1 Å². The van der Waals surface area contributed by atoms with Crippen molar-refractivity contribution in [2.75, 3.05) is 0 Å². The molecule has 2 rings (SSSR count). The Labute approximate surface area is 113 Å². The van der Waals surface area contributed by atoms with Gasteiger partial charge in [0.25, 0.3) is 5.89 Å². The summed E-state index contributed by atoms with van der Waals surface area (Å²) in [5, 5.41) is 3.82. The summed E-state index contributed by atoms with van der Waals surface area (Å²) in [4.78, 5) is 4.17. The Bertz CT molecular complexity index is 548. The van der Waals surface area contributed by atoms with Crippen LogP contribution in [0.25, 0.3) is 11.5 Å². The first kappa shape index (κ1) is 13.2. The Hall–Kier alpha value is -1.27. The molecule has 0 aliphatic rings. The van der Waals surface area contributed by atoms with E-state index in [2.05, 4.69) is 26.1 Å². The van der Waals surface area contributed by atoms with E-state index in [1.165, 1.54) is 6.07 Å². The number of aromatic nitrogens is 2. The maximum Gasteiger partial charge on any atom is 0.262 e. The summed E-state index contributed by atoms with van der Waals surface area (Å²) >= 11 is 3.26. The van der Waals surface area contributed by atoms with E-state index >= 15 is 0 Å². The fourth-order valence-electron chi connectivity index (χ4n) is 1.42. The number of benzene rings is 1. The van der Waals surface area contributed by atoms with Crippen LogP contribution in [0.15, 0.2) is 27.2 Å². The molecule has 0 fully saturated rings. The van der Waals surface area contributed by atoms with Crippen LogP contribution in [0.3, 0.4) is 0 Å². The predicted molar refractivity (Wildman–Crippen MR) is 69.2 cm³/mol. The minimum atomic E-state index is -0.681. The molecule has 1 aromatic heterocycles. The fraction of sp³-hybridized carbons (Fsp3) is 0.333. The van der Waals surface area contributed by atoms with Crippen molar-refractivity contribution < 1.29 is 8.91 Å². The van der Waals surface area contributed by atoms with Gasteiger partial charge in [-0.1, -0.05) is 18.1 Å². The monoisotopic (exact) mass is 313 g/mol. The molecule has 0 aliphatic carbocycles. The third-order valence-electron chi connectivity index (χ3n) is 2.85. The Kier molecular flexibility index (Phi) is 3.49. The van der Waals surface area contributed by atoms with Gasteiger partial charge in [-0.25, -0.2) is 4.39 Å². The van der Waals surface area contributed by atoms with Crippen LogP contribution in [0, 0.1) is 5.82 Å². The number of hydrogen-bond acceptors (Lipinski definition) is 4. The summed E-state index contributed by atoms with van der Waals surface area (Å²) < 4.78 is 19.4. The smallest absolute Gasteiger partial charge is 0.262 e. The molecule has 0 saturated heterocycles. The van der Waals surface area contributed by atoms with E-state index in [1.807, 2.05) is 6.92 Å². The highest BCUT2D eigenvalue weighted by molar-refractivity contribution is 9.10. The van der Waals surface area contributed by atoms with E-state index < -0.39 is 11.4 Å². The van der Waals surface area contributed by atoms with E-state index in [9.17, 15) is 4.39 Å². The summed E-state index contributed by atoms with van der Waals surface area (Å²) in [7, 11) is 0. The van der Waals surface area contributed by atoms with E-state index in [4.69, 9.17) is 10.3 Å². The average Bonchev–Trinajstić information content (AvgIpc) is 2.79. The van der Waals surface area contributed by atoms with Gasteiger partial charge < -0.3 is 10.3 Å². The van der Waals surface area contributed by atoms with E-state index in [0.717, 1.165) is 0 Å². The van der Waals surface area contributed by atoms with Gasteiger partial charge in [-0.05, 0) is 41.4 Å². The highest BCUT2D eigenvalue weighted by Crippen LogP contribution is 2.30. The number of nitrogens with two attached hydrogens (primary N) is 1. The zero-order valence-electron chi connectivity index (χ0n) is 10.1. The highest BCUT2D eigenvalue weighted by atomic mass is 79.9. The maximum atomic E-state index is 13.7.